The zero-order valence-corrected chi connectivity index (χ0v) is 20.4. The van der Waals surface area contributed by atoms with Gasteiger partial charge in [0.25, 0.3) is 11.8 Å². The van der Waals surface area contributed by atoms with Crippen LogP contribution in [0.25, 0.3) is 0 Å². The number of amides is 2. The van der Waals surface area contributed by atoms with Gasteiger partial charge in [0.2, 0.25) is 0 Å². The molecule has 3 aromatic carbocycles. The lowest BCUT2D eigenvalue weighted by molar-refractivity contribution is 0.0746. The molecule has 33 heavy (non-hydrogen) atoms. The fraction of sp³-hybridized carbons (Fsp3) is 0.200. The summed E-state index contributed by atoms with van der Waals surface area (Å²) in [4.78, 5) is 29.3. The zero-order valence-electron chi connectivity index (χ0n) is 18.1. The van der Waals surface area contributed by atoms with E-state index in [0.717, 1.165) is 23.2 Å². The molecule has 0 saturated carbocycles. The quantitative estimate of drug-likeness (QED) is 0.487. The van der Waals surface area contributed by atoms with E-state index in [1.807, 2.05) is 29.2 Å². The van der Waals surface area contributed by atoms with Gasteiger partial charge < -0.3 is 19.9 Å². The molecule has 1 N–H and O–H groups in total. The summed E-state index contributed by atoms with van der Waals surface area (Å²) in [5.74, 6) is 0.501. The molecule has 1 fully saturated rings. The second-order valence-corrected chi connectivity index (χ2v) is 8.93. The molecule has 0 unspecified atom stereocenters. The number of anilines is 2. The highest BCUT2D eigenvalue weighted by Crippen LogP contribution is 2.26. The smallest absolute Gasteiger partial charge is 0.255 e. The average molecular weight is 529 g/mol. The largest absolute Gasteiger partial charge is 0.496 e. The van der Waals surface area contributed by atoms with Crippen molar-refractivity contribution in [3.05, 3.63) is 87.4 Å². The number of ether oxygens (including phenoxy) is 1. The van der Waals surface area contributed by atoms with Crippen LogP contribution in [-0.2, 0) is 0 Å². The van der Waals surface area contributed by atoms with Gasteiger partial charge in [-0.05, 0) is 82.7 Å². The van der Waals surface area contributed by atoms with Gasteiger partial charge in [0.05, 0.1) is 11.6 Å². The van der Waals surface area contributed by atoms with Gasteiger partial charge in [-0.15, -0.1) is 0 Å². The number of piperazine rings is 1. The number of hydrogen-bond acceptors (Lipinski definition) is 4. The molecule has 1 heterocycles. The number of halogens is 2. The molecule has 0 bridgehead atoms. The lowest BCUT2D eigenvalue weighted by Gasteiger charge is -2.36. The molecule has 3 aromatic rings. The van der Waals surface area contributed by atoms with Crippen LogP contribution in [0.15, 0.2) is 71.2 Å². The van der Waals surface area contributed by atoms with Gasteiger partial charge in [-0.1, -0.05) is 11.6 Å². The first-order valence-corrected chi connectivity index (χ1v) is 11.7. The highest BCUT2D eigenvalue weighted by Gasteiger charge is 2.22. The minimum absolute atomic E-state index is 0.0227. The normalized spacial score (nSPS) is 13.5. The van der Waals surface area contributed by atoms with Crippen molar-refractivity contribution in [3.63, 3.8) is 0 Å². The Bertz CT molecular complexity index is 1140. The summed E-state index contributed by atoms with van der Waals surface area (Å²) in [6, 6.07) is 19.9. The topological polar surface area (TPSA) is 61.9 Å². The molecule has 0 atom stereocenters. The van der Waals surface area contributed by atoms with Crippen LogP contribution in [0.1, 0.15) is 20.7 Å². The molecule has 0 spiro atoms. The van der Waals surface area contributed by atoms with E-state index in [2.05, 4.69) is 26.1 Å². The molecule has 6 nitrogen and oxygen atoms in total. The Kier molecular flexibility index (Phi) is 7.20. The number of carbonyl (C=O) groups excluding carboxylic acids is 2. The van der Waals surface area contributed by atoms with Gasteiger partial charge in [0.15, 0.2) is 0 Å². The van der Waals surface area contributed by atoms with E-state index in [1.54, 1.807) is 49.6 Å². The van der Waals surface area contributed by atoms with E-state index < -0.39 is 0 Å². The van der Waals surface area contributed by atoms with E-state index in [-0.39, 0.29) is 11.8 Å². The summed E-state index contributed by atoms with van der Waals surface area (Å²) in [5, 5.41) is 3.53. The Balaban J connectivity index is 1.33. The van der Waals surface area contributed by atoms with Crippen molar-refractivity contribution in [3.8, 4) is 5.75 Å². The third-order valence-electron chi connectivity index (χ3n) is 5.56. The first kappa shape index (κ1) is 23.1. The van der Waals surface area contributed by atoms with Crippen molar-refractivity contribution in [2.24, 2.45) is 0 Å². The Morgan fingerprint density at radius 2 is 1.55 bits per heavy atom. The summed E-state index contributed by atoms with van der Waals surface area (Å²) in [7, 11) is 1.58. The molecule has 1 aliphatic heterocycles. The maximum atomic E-state index is 12.7. The van der Waals surface area contributed by atoms with Crippen LogP contribution in [0.2, 0.25) is 5.02 Å². The molecular formula is C25H23BrClN3O3. The summed E-state index contributed by atoms with van der Waals surface area (Å²) >= 11 is 9.32. The van der Waals surface area contributed by atoms with Crippen molar-refractivity contribution in [1.29, 1.82) is 0 Å². The minimum Gasteiger partial charge on any atom is -0.496 e. The minimum atomic E-state index is -0.194. The number of rotatable bonds is 5. The van der Waals surface area contributed by atoms with Gasteiger partial charge in [0.1, 0.15) is 5.75 Å². The second kappa shape index (κ2) is 10.3. The maximum absolute atomic E-state index is 12.7. The zero-order chi connectivity index (χ0) is 23.4. The Morgan fingerprint density at radius 3 is 2.15 bits per heavy atom. The van der Waals surface area contributed by atoms with Crippen molar-refractivity contribution >= 4 is 50.7 Å². The first-order valence-electron chi connectivity index (χ1n) is 10.5. The van der Waals surface area contributed by atoms with Gasteiger partial charge in [-0.25, -0.2) is 0 Å². The Hall–Kier alpha value is -3.03. The predicted octanol–water partition coefficient (Wildman–Crippen LogP) is 5.33. The summed E-state index contributed by atoms with van der Waals surface area (Å²) < 4.78 is 5.93. The second-order valence-electron chi connectivity index (χ2n) is 7.64. The summed E-state index contributed by atoms with van der Waals surface area (Å²) in [5.41, 5.74) is 2.95. The van der Waals surface area contributed by atoms with Gasteiger partial charge in [0, 0.05) is 53.7 Å². The number of nitrogens with zero attached hydrogens (tertiary/aromatic N) is 2. The average Bonchev–Trinajstić information content (AvgIpc) is 2.84. The number of benzene rings is 3. The highest BCUT2D eigenvalue weighted by molar-refractivity contribution is 9.10. The van der Waals surface area contributed by atoms with Crippen LogP contribution < -0.4 is 15.0 Å². The van der Waals surface area contributed by atoms with E-state index in [0.29, 0.717) is 40.7 Å². The third-order valence-corrected chi connectivity index (χ3v) is 6.43. The van der Waals surface area contributed by atoms with Crippen molar-refractivity contribution in [2.45, 2.75) is 0 Å². The Labute approximate surface area is 206 Å². The van der Waals surface area contributed by atoms with Crippen LogP contribution in [0.3, 0.4) is 0 Å². The van der Waals surface area contributed by atoms with Gasteiger partial charge >= 0.3 is 0 Å². The maximum Gasteiger partial charge on any atom is 0.255 e. The fourth-order valence-electron chi connectivity index (χ4n) is 3.71. The molecule has 8 heteroatoms. The third kappa shape index (κ3) is 5.49. The van der Waals surface area contributed by atoms with Crippen molar-refractivity contribution < 1.29 is 14.3 Å². The monoisotopic (exact) mass is 527 g/mol. The van der Waals surface area contributed by atoms with E-state index in [1.165, 1.54) is 0 Å². The lowest BCUT2D eigenvalue weighted by Crippen LogP contribution is -2.48. The molecule has 0 radical (unpaired) electrons. The van der Waals surface area contributed by atoms with Crippen molar-refractivity contribution in [2.75, 3.05) is 43.5 Å². The number of methoxy groups -OCH3 is 1. The van der Waals surface area contributed by atoms with Gasteiger partial charge in [-0.2, -0.15) is 0 Å². The molecule has 1 aliphatic rings. The van der Waals surface area contributed by atoms with Crippen LogP contribution in [0.5, 0.6) is 5.75 Å². The summed E-state index contributed by atoms with van der Waals surface area (Å²) in [6.07, 6.45) is 0. The van der Waals surface area contributed by atoms with E-state index in [9.17, 15) is 9.59 Å². The van der Waals surface area contributed by atoms with Crippen LogP contribution in [0, 0.1) is 0 Å². The number of carbonyl (C=O) groups is 2. The molecule has 0 aromatic heterocycles. The SMILES string of the molecule is COc1ccc(C(=O)Nc2ccc(N3CCN(C(=O)c4ccc(Cl)cc4)CC3)cc2)cc1Br. The highest BCUT2D eigenvalue weighted by atomic mass is 79.9. The number of hydrogen-bond donors (Lipinski definition) is 1. The molecule has 0 aliphatic carbocycles. The molecular weight excluding hydrogens is 506 g/mol. The van der Waals surface area contributed by atoms with Crippen LogP contribution in [-0.4, -0.2) is 50.0 Å². The Morgan fingerprint density at radius 1 is 0.909 bits per heavy atom. The summed E-state index contributed by atoms with van der Waals surface area (Å²) in [6.45, 7) is 2.77. The van der Waals surface area contributed by atoms with E-state index in [4.69, 9.17) is 16.3 Å². The predicted molar refractivity (Wildman–Crippen MR) is 135 cm³/mol. The van der Waals surface area contributed by atoms with Crippen LogP contribution in [0.4, 0.5) is 11.4 Å². The van der Waals surface area contributed by atoms with Crippen LogP contribution >= 0.6 is 27.5 Å². The number of nitrogens with one attached hydrogen (secondary N) is 1. The standard InChI is InChI=1S/C25H23BrClN3O3/c1-33-23-11-4-18(16-22(23)26)24(31)28-20-7-9-21(10-8-20)29-12-14-30(15-13-29)25(32)17-2-5-19(27)6-3-17/h2-11,16H,12-15H2,1H3,(H,28,31). The van der Waals surface area contributed by atoms with Gasteiger partial charge in [-0.3, -0.25) is 9.59 Å². The lowest BCUT2D eigenvalue weighted by atomic mass is 10.1. The fourth-order valence-corrected chi connectivity index (χ4v) is 4.38. The molecule has 1 saturated heterocycles. The first-order chi connectivity index (χ1) is 15.9. The molecule has 170 valence electrons. The van der Waals surface area contributed by atoms with E-state index >= 15 is 0 Å². The molecule has 4 rings (SSSR count). The molecule has 2 amide bonds. The van der Waals surface area contributed by atoms with Crippen molar-refractivity contribution in [1.82, 2.24) is 4.90 Å².